The lowest BCUT2D eigenvalue weighted by molar-refractivity contribution is 0.286. The number of nitrogens with zero attached hydrogens (tertiary/aromatic N) is 1. The molecule has 0 spiro atoms. The van der Waals surface area contributed by atoms with Crippen LogP contribution in [0.3, 0.4) is 0 Å². The lowest BCUT2D eigenvalue weighted by Gasteiger charge is -2.23. The highest BCUT2D eigenvalue weighted by atomic mass is 32.4. The van der Waals surface area contributed by atoms with E-state index in [1.165, 1.54) is 21.7 Å². The third kappa shape index (κ3) is 5.93. The summed E-state index contributed by atoms with van der Waals surface area (Å²) in [6.07, 6.45) is 2.28. The van der Waals surface area contributed by atoms with Crippen molar-refractivity contribution in [2.75, 3.05) is 6.54 Å². The van der Waals surface area contributed by atoms with E-state index in [-0.39, 0.29) is 0 Å². The van der Waals surface area contributed by atoms with Gasteiger partial charge in [-0.1, -0.05) is 139 Å². The molecule has 0 fully saturated rings. The second-order valence-corrected chi connectivity index (χ2v) is 12.2. The van der Waals surface area contributed by atoms with Crippen molar-refractivity contribution in [3.63, 3.8) is 0 Å². The second kappa shape index (κ2) is 11.2. The Balaban J connectivity index is 1.59. The van der Waals surface area contributed by atoms with Crippen LogP contribution < -0.4 is 10.6 Å². The molecule has 160 valence electrons. The van der Waals surface area contributed by atoms with Gasteiger partial charge in [-0.3, -0.25) is 4.90 Å². The standard InChI is InChI=1S/C29H28NPS/c32-31(28-18-9-3-10-19-28,29-20-11-4-12-21-29)23-13-22-30(24-26-14-5-1-6-15-26)25-27-16-7-2-8-17-27/h1-21,23H,22,24-25H2/b23-13+. The summed E-state index contributed by atoms with van der Waals surface area (Å²) in [6, 6.07) is 40.5. The van der Waals surface area contributed by atoms with Gasteiger partial charge in [0.2, 0.25) is 0 Å². The third-order valence-corrected chi connectivity index (χ3v) is 9.85. The smallest absolute Gasteiger partial charge is 0.0307 e. The van der Waals surface area contributed by atoms with E-state index in [4.69, 9.17) is 11.8 Å². The van der Waals surface area contributed by atoms with Gasteiger partial charge in [0.1, 0.15) is 0 Å². The molecule has 0 heterocycles. The average Bonchev–Trinajstić information content (AvgIpc) is 2.86. The maximum atomic E-state index is 6.35. The van der Waals surface area contributed by atoms with E-state index in [2.05, 4.69) is 138 Å². The van der Waals surface area contributed by atoms with Gasteiger partial charge >= 0.3 is 0 Å². The summed E-state index contributed by atoms with van der Waals surface area (Å²) in [5, 5.41) is 2.46. The highest BCUT2D eigenvalue weighted by molar-refractivity contribution is 8.23. The number of rotatable bonds is 9. The van der Waals surface area contributed by atoms with Crippen LogP contribution in [0.1, 0.15) is 11.1 Å². The highest BCUT2D eigenvalue weighted by Gasteiger charge is 2.18. The van der Waals surface area contributed by atoms with E-state index in [1.54, 1.807) is 0 Å². The molecular formula is C29H28NPS. The maximum Gasteiger partial charge on any atom is 0.0307 e. The Kier molecular flexibility index (Phi) is 7.85. The first-order chi connectivity index (χ1) is 15.7. The van der Waals surface area contributed by atoms with Crippen LogP contribution in [-0.4, -0.2) is 11.4 Å². The Labute approximate surface area is 197 Å². The fourth-order valence-corrected chi connectivity index (χ4v) is 7.09. The van der Waals surface area contributed by atoms with Crippen LogP contribution in [0.4, 0.5) is 0 Å². The fourth-order valence-electron chi connectivity index (χ4n) is 3.83. The molecule has 0 saturated carbocycles. The van der Waals surface area contributed by atoms with Crippen LogP contribution in [-0.2, 0) is 24.9 Å². The van der Waals surface area contributed by atoms with Gasteiger partial charge in [-0.2, -0.15) is 0 Å². The summed E-state index contributed by atoms with van der Waals surface area (Å²) >= 11 is 6.35. The highest BCUT2D eigenvalue weighted by Crippen LogP contribution is 2.45. The molecule has 0 aromatic heterocycles. The molecule has 0 N–H and O–H groups in total. The number of benzene rings is 4. The first-order valence-electron chi connectivity index (χ1n) is 10.9. The van der Waals surface area contributed by atoms with E-state index >= 15 is 0 Å². The van der Waals surface area contributed by atoms with Crippen molar-refractivity contribution >= 4 is 28.5 Å². The molecule has 4 aromatic carbocycles. The monoisotopic (exact) mass is 453 g/mol. The summed E-state index contributed by atoms with van der Waals surface area (Å²) in [6.45, 7) is 2.65. The van der Waals surface area contributed by atoms with E-state index in [9.17, 15) is 0 Å². The van der Waals surface area contributed by atoms with Crippen molar-refractivity contribution in [3.8, 4) is 0 Å². The van der Waals surface area contributed by atoms with Crippen molar-refractivity contribution < 1.29 is 0 Å². The van der Waals surface area contributed by atoms with Gasteiger partial charge in [0, 0.05) is 25.7 Å². The summed E-state index contributed by atoms with van der Waals surface area (Å²) in [5.41, 5.74) is 2.64. The molecule has 3 heteroatoms. The summed E-state index contributed by atoms with van der Waals surface area (Å²) in [4.78, 5) is 2.47. The minimum absolute atomic E-state index is 0.849. The molecule has 0 radical (unpaired) electrons. The largest absolute Gasteiger partial charge is 0.291 e. The molecule has 0 aliphatic heterocycles. The molecule has 1 nitrogen and oxygen atoms in total. The lowest BCUT2D eigenvalue weighted by Crippen LogP contribution is -2.23. The minimum Gasteiger partial charge on any atom is -0.291 e. The zero-order chi connectivity index (χ0) is 22.1. The summed E-state index contributed by atoms with van der Waals surface area (Å²) in [7, 11) is 0. The van der Waals surface area contributed by atoms with Crippen LogP contribution in [0.25, 0.3) is 0 Å². The van der Waals surface area contributed by atoms with Crippen molar-refractivity contribution in [1.29, 1.82) is 0 Å². The van der Waals surface area contributed by atoms with Crippen LogP contribution in [0, 0.1) is 0 Å². The Morgan fingerprint density at radius 3 is 1.34 bits per heavy atom. The SMILES string of the molecule is S=P(/C=C/CN(Cc1ccccc1)Cc1ccccc1)(c1ccccc1)c1ccccc1. The molecular weight excluding hydrogens is 425 g/mol. The molecule has 0 unspecified atom stereocenters. The van der Waals surface area contributed by atoms with E-state index in [0.29, 0.717) is 0 Å². The van der Waals surface area contributed by atoms with Crippen LogP contribution >= 0.6 is 6.04 Å². The fraction of sp³-hybridized carbons (Fsp3) is 0.103. The molecule has 4 rings (SSSR count). The molecule has 32 heavy (non-hydrogen) atoms. The zero-order valence-corrected chi connectivity index (χ0v) is 19.8. The Morgan fingerprint density at radius 1 is 0.562 bits per heavy atom. The molecule has 0 amide bonds. The lowest BCUT2D eigenvalue weighted by atomic mass is 10.1. The molecule has 0 saturated heterocycles. The van der Waals surface area contributed by atoms with Gasteiger partial charge < -0.3 is 0 Å². The first kappa shape index (κ1) is 22.4. The molecule has 0 bridgehead atoms. The van der Waals surface area contributed by atoms with Crippen LogP contribution in [0.2, 0.25) is 0 Å². The van der Waals surface area contributed by atoms with Gasteiger partial charge in [0.25, 0.3) is 0 Å². The quantitative estimate of drug-likeness (QED) is 0.272. The Hall–Kier alpha value is -2.77. The van der Waals surface area contributed by atoms with Crippen molar-refractivity contribution in [2.24, 2.45) is 0 Å². The summed E-state index contributed by atoms with van der Waals surface area (Å²) in [5.74, 6) is 2.30. The molecule has 0 aliphatic carbocycles. The normalized spacial score (nSPS) is 11.8. The third-order valence-electron chi connectivity index (χ3n) is 5.46. The topological polar surface area (TPSA) is 3.24 Å². The van der Waals surface area contributed by atoms with E-state index < -0.39 is 6.04 Å². The number of hydrogen-bond donors (Lipinski definition) is 0. The van der Waals surface area contributed by atoms with Crippen molar-refractivity contribution in [3.05, 3.63) is 144 Å². The average molecular weight is 454 g/mol. The predicted molar refractivity (Wildman–Crippen MR) is 143 cm³/mol. The van der Waals surface area contributed by atoms with E-state index in [1.807, 2.05) is 0 Å². The van der Waals surface area contributed by atoms with Crippen molar-refractivity contribution in [1.82, 2.24) is 4.90 Å². The van der Waals surface area contributed by atoms with E-state index in [0.717, 1.165) is 19.6 Å². The van der Waals surface area contributed by atoms with Crippen LogP contribution in [0.5, 0.6) is 0 Å². The van der Waals surface area contributed by atoms with Gasteiger partial charge in [0.15, 0.2) is 0 Å². The van der Waals surface area contributed by atoms with Crippen molar-refractivity contribution in [2.45, 2.75) is 13.1 Å². The molecule has 4 aromatic rings. The van der Waals surface area contributed by atoms with Crippen LogP contribution in [0.15, 0.2) is 133 Å². The van der Waals surface area contributed by atoms with Gasteiger partial charge in [-0.15, -0.1) is 0 Å². The summed E-state index contributed by atoms with van der Waals surface area (Å²) < 4.78 is 0. The molecule has 0 atom stereocenters. The molecule has 0 aliphatic rings. The Morgan fingerprint density at radius 2 is 0.938 bits per heavy atom. The maximum absolute atomic E-state index is 6.35. The predicted octanol–water partition coefficient (Wildman–Crippen LogP) is 6.33. The zero-order valence-electron chi connectivity index (χ0n) is 18.1. The van der Waals surface area contributed by atoms with Gasteiger partial charge in [0.05, 0.1) is 0 Å². The second-order valence-electron chi connectivity index (χ2n) is 7.85. The number of hydrogen-bond acceptors (Lipinski definition) is 2. The Bertz CT molecular complexity index is 1070. The first-order valence-corrected chi connectivity index (χ1v) is 13.8. The van der Waals surface area contributed by atoms with Gasteiger partial charge in [-0.05, 0) is 27.6 Å². The van der Waals surface area contributed by atoms with Gasteiger partial charge in [-0.25, -0.2) is 0 Å². The minimum atomic E-state index is -2.02.